The third-order valence-electron chi connectivity index (χ3n) is 5.73. The summed E-state index contributed by atoms with van der Waals surface area (Å²) < 4.78 is 0. The smallest absolute Gasteiger partial charge is 0.149 e. The van der Waals surface area contributed by atoms with E-state index in [9.17, 15) is 0 Å². The Morgan fingerprint density at radius 2 is 1.19 bits per heavy atom. The maximum Gasteiger partial charge on any atom is 0.149 e. The van der Waals surface area contributed by atoms with E-state index in [0.29, 0.717) is 0 Å². The van der Waals surface area contributed by atoms with Gasteiger partial charge in [-0.3, -0.25) is 5.82 Å². The van der Waals surface area contributed by atoms with Crippen molar-refractivity contribution in [1.29, 1.82) is 0 Å². The summed E-state index contributed by atoms with van der Waals surface area (Å²) in [6.07, 6.45) is 0.530. The molecular weight excluding hydrogens is 427 g/mol. The Labute approximate surface area is 201 Å². The Hall–Kier alpha value is -2.86. The van der Waals surface area contributed by atoms with Gasteiger partial charge in [0.25, 0.3) is 0 Å². The molecule has 4 rings (SSSR count). The average Bonchev–Trinajstić information content (AvgIpc) is 2.85. The summed E-state index contributed by atoms with van der Waals surface area (Å²) in [5.41, 5.74) is 3.77. The van der Waals surface area contributed by atoms with E-state index in [-0.39, 0.29) is 0 Å². The highest BCUT2D eigenvalue weighted by atomic mass is 35.5. The first-order valence-electron chi connectivity index (χ1n) is 11.0. The first-order valence-corrected chi connectivity index (χ1v) is 12.4. The fourth-order valence-corrected chi connectivity index (χ4v) is 5.35. The van der Waals surface area contributed by atoms with Crippen molar-refractivity contribution in [1.82, 2.24) is 0 Å². The monoisotopic (exact) mass is 451 g/mol. The summed E-state index contributed by atoms with van der Waals surface area (Å²) >= 11 is 7.93. The minimum absolute atomic E-state index is 0.788. The zero-order valence-corrected chi connectivity index (χ0v) is 19.5. The van der Waals surface area contributed by atoms with Crippen LogP contribution in [0.15, 0.2) is 120 Å². The molecule has 4 aromatic rings. The molecule has 0 heterocycles. The van der Waals surface area contributed by atoms with E-state index in [0.717, 1.165) is 23.6 Å². The normalized spacial score (nSPS) is 10.9. The van der Waals surface area contributed by atoms with E-state index in [1.54, 1.807) is 0 Å². The van der Waals surface area contributed by atoms with Crippen LogP contribution in [0.3, 0.4) is 0 Å². The summed E-state index contributed by atoms with van der Waals surface area (Å²) in [5.74, 6) is 8.35. The van der Waals surface area contributed by atoms with Crippen molar-refractivity contribution in [2.24, 2.45) is 0 Å². The molecule has 0 aliphatic carbocycles. The van der Waals surface area contributed by atoms with Gasteiger partial charge < -0.3 is 0 Å². The molecule has 0 bridgehead atoms. The Morgan fingerprint density at radius 1 is 0.656 bits per heavy atom. The third kappa shape index (κ3) is 5.30. The van der Waals surface area contributed by atoms with Gasteiger partial charge in [-0.05, 0) is 30.4 Å². The third-order valence-corrected chi connectivity index (χ3v) is 7.04. The molecular formula is C29H25BClS-. The zero-order chi connectivity index (χ0) is 22.1. The van der Waals surface area contributed by atoms with E-state index in [2.05, 4.69) is 109 Å². The summed E-state index contributed by atoms with van der Waals surface area (Å²) in [7, 11) is 0. The quantitative estimate of drug-likeness (QED) is 0.145. The highest BCUT2D eigenvalue weighted by Gasteiger charge is 2.27. The summed E-state index contributed by atoms with van der Waals surface area (Å²) in [5, 5.41) is 0.788. The molecule has 3 heteroatoms. The van der Waals surface area contributed by atoms with Crippen LogP contribution in [0.2, 0.25) is 5.02 Å². The maximum absolute atomic E-state index is 6.10. The summed E-state index contributed by atoms with van der Waals surface area (Å²) in [6, 6.07) is 40.2. The largest absolute Gasteiger partial charge is 0.297 e. The molecule has 0 saturated carbocycles. The number of benzene rings is 4. The second-order valence-electron chi connectivity index (χ2n) is 7.83. The van der Waals surface area contributed by atoms with Crippen molar-refractivity contribution in [3.05, 3.63) is 120 Å². The molecule has 158 valence electrons. The second kappa shape index (κ2) is 11.1. The predicted octanol–water partition coefficient (Wildman–Crippen LogP) is 5.93. The fourth-order valence-electron chi connectivity index (χ4n) is 4.19. The van der Waals surface area contributed by atoms with Gasteiger partial charge in [-0.15, -0.1) is 17.7 Å². The second-order valence-corrected chi connectivity index (χ2v) is 9.43. The Bertz CT molecular complexity index is 1080. The number of hydrogen-bond donors (Lipinski definition) is 0. The van der Waals surface area contributed by atoms with Gasteiger partial charge in [-0.25, -0.2) is 0 Å². The molecule has 0 radical (unpaired) electrons. The number of halogens is 1. The van der Waals surface area contributed by atoms with Crippen LogP contribution in [0.25, 0.3) is 0 Å². The molecule has 0 nitrogen and oxygen atoms in total. The van der Waals surface area contributed by atoms with Gasteiger partial charge in [0.05, 0.1) is 0 Å². The van der Waals surface area contributed by atoms with E-state index in [1.807, 2.05) is 30.0 Å². The number of thioether (sulfide) groups is 1. The van der Waals surface area contributed by atoms with Gasteiger partial charge in [0.15, 0.2) is 0 Å². The molecule has 0 atom stereocenters. The molecule has 32 heavy (non-hydrogen) atoms. The first-order chi connectivity index (χ1) is 15.8. The molecule has 0 N–H and O–H groups in total. The molecule has 0 spiro atoms. The van der Waals surface area contributed by atoms with Crippen LogP contribution in [0.1, 0.15) is 12.8 Å². The van der Waals surface area contributed by atoms with Crippen LogP contribution < -0.4 is 16.4 Å². The number of rotatable bonds is 7. The van der Waals surface area contributed by atoms with E-state index in [4.69, 9.17) is 11.6 Å². The molecule has 0 aliphatic rings. The van der Waals surface area contributed by atoms with E-state index in [1.165, 1.54) is 21.3 Å². The van der Waals surface area contributed by atoms with Crippen LogP contribution in [0, 0.1) is 11.7 Å². The highest BCUT2D eigenvalue weighted by Crippen LogP contribution is 2.22. The lowest BCUT2D eigenvalue weighted by Crippen LogP contribution is -2.66. The SMILES string of the molecule is Clc1cccc(SCCCC#C[B-](c2ccccc2)(c2ccccc2)c2ccccc2)c1. The topological polar surface area (TPSA) is 0 Å². The van der Waals surface area contributed by atoms with Crippen molar-refractivity contribution < 1.29 is 0 Å². The summed E-state index contributed by atoms with van der Waals surface area (Å²) in [6.45, 7) is 0. The molecule has 0 aliphatic heterocycles. The van der Waals surface area contributed by atoms with Crippen LogP contribution >= 0.6 is 23.4 Å². The molecule has 0 aromatic heterocycles. The van der Waals surface area contributed by atoms with Crippen LogP contribution in [0.4, 0.5) is 0 Å². The lowest BCUT2D eigenvalue weighted by molar-refractivity contribution is 0.997. The maximum atomic E-state index is 6.10. The van der Waals surface area contributed by atoms with Gasteiger partial charge >= 0.3 is 0 Å². The Balaban J connectivity index is 1.62. The van der Waals surface area contributed by atoms with E-state index >= 15 is 0 Å². The predicted molar refractivity (Wildman–Crippen MR) is 143 cm³/mol. The van der Waals surface area contributed by atoms with Crippen molar-refractivity contribution in [2.75, 3.05) is 5.75 Å². The molecule has 0 unspecified atom stereocenters. The van der Waals surface area contributed by atoms with Gasteiger partial charge in [-0.2, -0.15) is 16.4 Å². The van der Waals surface area contributed by atoms with Crippen molar-refractivity contribution in [2.45, 2.75) is 17.7 Å². The number of unbranched alkanes of at least 4 members (excludes halogenated alkanes) is 1. The lowest BCUT2D eigenvalue weighted by atomic mass is 9.16. The van der Waals surface area contributed by atoms with Gasteiger partial charge in [0.2, 0.25) is 0 Å². The van der Waals surface area contributed by atoms with Crippen molar-refractivity contribution >= 4 is 45.9 Å². The highest BCUT2D eigenvalue weighted by molar-refractivity contribution is 7.99. The average molecular weight is 452 g/mol. The lowest BCUT2D eigenvalue weighted by Gasteiger charge is -2.38. The van der Waals surface area contributed by atoms with Gasteiger partial charge in [0, 0.05) is 16.3 Å². The Morgan fingerprint density at radius 3 is 1.69 bits per heavy atom. The van der Waals surface area contributed by atoms with Gasteiger partial charge in [0.1, 0.15) is 6.15 Å². The van der Waals surface area contributed by atoms with Crippen molar-refractivity contribution in [3.63, 3.8) is 0 Å². The van der Waals surface area contributed by atoms with Crippen molar-refractivity contribution in [3.8, 4) is 11.7 Å². The number of hydrogen-bond acceptors (Lipinski definition) is 1. The molecule has 0 saturated heterocycles. The minimum atomic E-state index is -1.37. The first kappa shape index (κ1) is 22.3. The molecule has 4 aromatic carbocycles. The summed E-state index contributed by atoms with van der Waals surface area (Å²) in [4.78, 5) is 1.21. The standard InChI is InChI=1S/C29H25BClS/c31-28-20-13-21-29(24-28)32-23-12-4-11-22-30(25-14-5-1-6-15-25,26-16-7-2-8-17-26)27-18-9-3-10-19-27/h1-3,5-10,13-21,24H,4,12,23H2/q-1. The van der Waals surface area contributed by atoms with Crippen LogP contribution in [-0.4, -0.2) is 11.9 Å². The van der Waals surface area contributed by atoms with E-state index < -0.39 is 6.15 Å². The Kier molecular flexibility index (Phi) is 7.78. The van der Waals surface area contributed by atoms with Crippen LogP contribution in [0.5, 0.6) is 0 Å². The zero-order valence-electron chi connectivity index (χ0n) is 18.0. The molecule has 0 amide bonds. The van der Waals surface area contributed by atoms with Crippen LogP contribution in [-0.2, 0) is 0 Å². The fraction of sp³-hybridized carbons (Fsp3) is 0.103. The molecule has 0 fully saturated rings. The minimum Gasteiger partial charge on any atom is -0.297 e. The van der Waals surface area contributed by atoms with Gasteiger partial charge in [-0.1, -0.05) is 109 Å².